The number of hydrogen-bond donors (Lipinski definition) is 1. The van der Waals surface area contributed by atoms with Gasteiger partial charge in [0.15, 0.2) is 0 Å². The van der Waals surface area contributed by atoms with Gasteiger partial charge in [-0.1, -0.05) is 11.1 Å². The van der Waals surface area contributed by atoms with Crippen molar-refractivity contribution >= 4 is 34.2 Å². The van der Waals surface area contributed by atoms with E-state index >= 15 is 0 Å². The van der Waals surface area contributed by atoms with Gasteiger partial charge in [-0.2, -0.15) is 0 Å². The van der Waals surface area contributed by atoms with Gasteiger partial charge < -0.3 is 20.0 Å². The molecule has 0 aliphatic heterocycles. The third-order valence-corrected chi connectivity index (χ3v) is 5.46. The molecular weight excluding hydrogens is 342 g/mol. The van der Waals surface area contributed by atoms with Gasteiger partial charge in [0.1, 0.15) is 5.00 Å². The van der Waals surface area contributed by atoms with Crippen LogP contribution in [0.25, 0.3) is 0 Å². The van der Waals surface area contributed by atoms with E-state index in [1.807, 2.05) is 20.8 Å². The SMILES string of the molecule is CCOC(=O)c1cc(C)sc1NC(=O)[C@@H]1CC(C)=C(C)C[C@H]1C(=O)[O-]. The van der Waals surface area contributed by atoms with Gasteiger partial charge >= 0.3 is 5.97 Å². The molecule has 1 aliphatic rings. The van der Waals surface area contributed by atoms with Gasteiger partial charge in [0.2, 0.25) is 5.91 Å². The lowest BCUT2D eigenvalue weighted by molar-refractivity contribution is -0.313. The fourth-order valence-electron chi connectivity index (χ4n) is 2.99. The Labute approximate surface area is 150 Å². The highest BCUT2D eigenvalue weighted by molar-refractivity contribution is 7.16. The van der Waals surface area contributed by atoms with Gasteiger partial charge in [-0.25, -0.2) is 4.79 Å². The van der Waals surface area contributed by atoms with E-state index in [2.05, 4.69) is 5.32 Å². The number of anilines is 1. The molecule has 2 rings (SSSR count). The molecule has 1 aromatic rings. The summed E-state index contributed by atoms with van der Waals surface area (Å²) in [5.74, 6) is -3.72. The van der Waals surface area contributed by atoms with Crippen LogP contribution in [-0.4, -0.2) is 24.5 Å². The monoisotopic (exact) mass is 364 g/mol. The Balaban J connectivity index is 2.24. The van der Waals surface area contributed by atoms with E-state index in [0.717, 1.165) is 16.0 Å². The fourth-order valence-corrected chi connectivity index (χ4v) is 3.89. The first kappa shape index (κ1) is 19.2. The first-order chi connectivity index (χ1) is 11.7. The van der Waals surface area contributed by atoms with Crippen LogP contribution in [0.1, 0.15) is 48.8 Å². The van der Waals surface area contributed by atoms with Crippen molar-refractivity contribution in [3.8, 4) is 0 Å². The number of carbonyl (C=O) groups is 3. The van der Waals surface area contributed by atoms with Gasteiger partial charge in [-0.3, -0.25) is 4.79 Å². The lowest BCUT2D eigenvalue weighted by Gasteiger charge is -2.32. The van der Waals surface area contributed by atoms with Crippen LogP contribution in [-0.2, 0) is 14.3 Å². The summed E-state index contributed by atoms with van der Waals surface area (Å²) in [5, 5.41) is 14.6. The van der Waals surface area contributed by atoms with Crippen molar-refractivity contribution in [2.24, 2.45) is 11.8 Å². The van der Waals surface area contributed by atoms with E-state index in [4.69, 9.17) is 4.74 Å². The molecule has 1 N–H and O–H groups in total. The number of thiophene rings is 1. The standard InChI is InChI=1S/C18H23NO5S/c1-5-24-18(23)14-8-11(4)25-16(14)19-15(20)12-6-9(2)10(3)7-13(12)17(21)22/h8,12-13H,5-7H2,1-4H3,(H,19,20)(H,21,22)/p-1/t12-,13-/m1/s1. The molecule has 0 unspecified atom stereocenters. The van der Waals surface area contributed by atoms with Crippen LogP contribution in [0.3, 0.4) is 0 Å². The zero-order valence-electron chi connectivity index (χ0n) is 14.8. The van der Waals surface area contributed by atoms with Crippen LogP contribution in [0.15, 0.2) is 17.2 Å². The second kappa shape index (κ2) is 7.82. The van der Waals surface area contributed by atoms with Crippen LogP contribution in [0.5, 0.6) is 0 Å². The minimum absolute atomic E-state index is 0.236. The first-order valence-corrected chi connectivity index (χ1v) is 9.00. The van der Waals surface area contributed by atoms with Crippen LogP contribution >= 0.6 is 11.3 Å². The molecule has 6 nitrogen and oxygen atoms in total. The third-order valence-electron chi connectivity index (χ3n) is 4.49. The van der Waals surface area contributed by atoms with Crippen molar-refractivity contribution in [2.75, 3.05) is 11.9 Å². The summed E-state index contributed by atoms with van der Waals surface area (Å²) in [7, 11) is 0. The molecule has 25 heavy (non-hydrogen) atoms. The van der Waals surface area contributed by atoms with Gasteiger partial charge in [0, 0.05) is 16.8 Å². The maximum Gasteiger partial charge on any atom is 0.341 e. The zero-order valence-corrected chi connectivity index (χ0v) is 15.6. The molecule has 2 atom stereocenters. The number of nitrogens with one attached hydrogen (secondary N) is 1. The Hall–Kier alpha value is -2.15. The highest BCUT2D eigenvalue weighted by atomic mass is 32.1. The summed E-state index contributed by atoms with van der Waals surface area (Å²) in [6, 6.07) is 1.66. The molecule has 0 bridgehead atoms. The van der Waals surface area contributed by atoms with E-state index in [1.54, 1.807) is 13.0 Å². The van der Waals surface area contributed by atoms with E-state index in [9.17, 15) is 19.5 Å². The van der Waals surface area contributed by atoms with Gasteiger partial charge in [-0.15, -0.1) is 11.3 Å². The maximum atomic E-state index is 12.7. The lowest BCUT2D eigenvalue weighted by atomic mass is 9.76. The highest BCUT2D eigenvalue weighted by Crippen LogP contribution is 2.36. The predicted octanol–water partition coefficient (Wildman–Crippen LogP) is 2.28. The average molecular weight is 364 g/mol. The number of carbonyl (C=O) groups excluding carboxylic acids is 3. The number of hydrogen-bond acceptors (Lipinski definition) is 6. The number of aliphatic carboxylic acids is 1. The molecule has 1 aliphatic carbocycles. The summed E-state index contributed by atoms with van der Waals surface area (Å²) in [5.41, 5.74) is 2.30. The summed E-state index contributed by atoms with van der Waals surface area (Å²) in [6.07, 6.45) is 0.676. The van der Waals surface area contributed by atoms with Crippen LogP contribution < -0.4 is 10.4 Å². The van der Waals surface area contributed by atoms with Gasteiger partial charge in [0.05, 0.1) is 18.1 Å². The summed E-state index contributed by atoms with van der Waals surface area (Å²) in [4.78, 5) is 37.0. The minimum Gasteiger partial charge on any atom is -0.550 e. The van der Waals surface area contributed by atoms with E-state index in [-0.39, 0.29) is 6.61 Å². The minimum atomic E-state index is -1.22. The molecule has 1 aromatic heterocycles. The molecule has 0 spiro atoms. The summed E-state index contributed by atoms with van der Waals surface area (Å²) >= 11 is 1.26. The molecule has 0 saturated heterocycles. The largest absolute Gasteiger partial charge is 0.550 e. The van der Waals surface area contributed by atoms with Crippen molar-refractivity contribution in [2.45, 2.75) is 40.5 Å². The average Bonchev–Trinajstić information content (AvgIpc) is 2.90. The second-order valence-electron chi connectivity index (χ2n) is 6.31. The molecule has 1 amide bonds. The van der Waals surface area contributed by atoms with E-state index < -0.39 is 29.7 Å². The number of ether oxygens (including phenoxy) is 1. The smallest absolute Gasteiger partial charge is 0.341 e. The number of carboxylic acid groups (broad SMARTS) is 1. The van der Waals surface area contributed by atoms with Gasteiger partial charge in [0.25, 0.3) is 0 Å². The summed E-state index contributed by atoms with van der Waals surface area (Å²) in [6.45, 7) is 7.55. The first-order valence-electron chi connectivity index (χ1n) is 8.19. The number of aryl methyl sites for hydroxylation is 1. The highest BCUT2D eigenvalue weighted by Gasteiger charge is 2.34. The topological polar surface area (TPSA) is 95.5 Å². The maximum absolute atomic E-state index is 12.7. The Morgan fingerprint density at radius 1 is 1.20 bits per heavy atom. The Morgan fingerprint density at radius 2 is 1.80 bits per heavy atom. The number of amides is 1. The molecule has 136 valence electrons. The lowest BCUT2D eigenvalue weighted by Crippen LogP contribution is -2.42. The second-order valence-corrected chi connectivity index (χ2v) is 7.57. The van der Waals surface area contributed by atoms with Crippen molar-refractivity contribution in [1.29, 1.82) is 0 Å². The Kier molecular flexibility index (Phi) is 6.00. The van der Waals surface area contributed by atoms with Crippen molar-refractivity contribution in [1.82, 2.24) is 0 Å². The third kappa shape index (κ3) is 4.28. The van der Waals surface area contributed by atoms with Crippen LogP contribution in [0, 0.1) is 18.8 Å². The number of esters is 1. The van der Waals surface area contributed by atoms with Crippen LogP contribution in [0.2, 0.25) is 0 Å². The predicted molar refractivity (Wildman–Crippen MR) is 93.2 cm³/mol. The quantitative estimate of drug-likeness (QED) is 0.639. The molecule has 0 fully saturated rings. The van der Waals surface area contributed by atoms with Gasteiger partial charge in [-0.05, 0) is 46.6 Å². The molecular formula is C18H22NO5S-. The number of rotatable bonds is 5. The van der Waals surface area contributed by atoms with Crippen molar-refractivity contribution in [3.05, 3.63) is 27.7 Å². The summed E-state index contributed by atoms with van der Waals surface area (Å²) < 4.78 is 5.00. The van der Waals surface area contributed by atoms with Crippen molar-refractivity contribution in [3.63, 3.8) is 0 Å². The Morgan fingerprint density at radius 3 is 2.36 bits per heavy atom. The van der Waals surface area contributed by atoms with E-state index in [1.165, 1.54) is 11.3 Å². The number of carboxylic acids is 1. The van der Waals surface area contributed by atoms with Crippen molar-refractivity contribution < 1.29 is 24.2 Å². The van der Waals surface area contributed by atoms with E-state index in [0.29, 0.717) is 23.4 Å². The zero-order chi connectivity index (χ0) is 18.7. The Bertz CT molecular complexity index is 734. The molecule has 0 radical (unpaired) electrons. The molecule has 0 saturated carbocycles. The normalized spacial score (nSPS) is 20.3. The van der Waals surface area contributed by atoms with Crippen LogP contribution in [0.4, 0.5) is 5.00 Å². The molecule has 7 heteroatoms. The fraction of sp³-hybridized carbons (Fsp3) is 0.500. The molecule has 1 heterocycles. The molecule has 0 aromatic carbocycles. The number of allylic oxidation sites excluding steroid dienone is 2.